The summed E-state index contributed by atoms with van der Waals surface area (Å²) in [6.07, 6.45) is -4.94. The first-order valence-electron chi connectivity index (χ1n) is 6.20. The number of nitrogens with one attached hydrogen (secondary N) is 1. The fraction of sp³-hybridized carbons (Fsp3) is 0.385. The molecule has 1 heterocycles. The minimum absolute atomic E-state index is 0.378. The highest BCUT2D eigenvalue weighted by molar-refractivity contribution is 5.97. The van der Waals surface area contributed by atoms with Gasteiger partial charge in [-0.2, -0.15) is 18.4 Å². The number of aromatic nitrogens is 1. The molecule has 0 aliphatic carbocycles. The molecule has 0 saturated carbocycles. The van der Waals surface area contributed by atoms with E-state index in [0.717, 1.165) is 13.1 Å². The fourth-order valence-corrected chi connectivity index (χ4v) is 1.57. The number of carboxylic acid groups (broad SMARTS) is 1. The van der Waals surface area contributed by atoms with Crippen molar-refractivity contribution in [1.82, 2.24) is 4.98 Å². The van der Waals surface area contributed by atoms with Crippen LogP contribution in [0, 0.1) is 11.3 Å². The quantitative estimate of drug-likeness (QED) is 0.752. The van der Waals surface area contributed by atoms with Gasteiger partial charge in [0.1, 0.15) is 11.7 Å². The summed E-state index contributed by atoms with van der Waals surface area (Å²) in [7, 11) is 0. The van der Waals surface area contributed by atoms with Crippen LogP contribution in [0.5, 0.6) is 0 Å². The standard InChI is InChI=1S/C13H12F3N3O4/c1-12(23,3-2-10(20)21)11(22)19-7-4-8(13(14,15)16)9(5-17)18-6-7/h4,6,23H,2-3H2,1H3,(H,19,22)(H,20,21). The number of nitriles is 1. The number of carbonyl (C=O) groups is 2. The van der Waals surface area contributed by atoms with Gasteiger partial charge in [-0.05, 0) is 19.4 Å². The molecule has 1 atom stereocenters. The maximum atomic E-state index is 12.8. The Morgan fingerprint density at radius 1 is 1.43 bits per heavy atom. The number of amides is 1. The van der Waals surface area contributed by atoms with Crippen molar-refractivity contribution in [1.29, 1.82) is 5.26 Å². The lowest BCUT2D eigenvalue weighted by atomic mass is 9.99. The van der Waals surface area contributed by atoms with Crippen LogP contribution in [0.15, 0.2) is 12.3 Å². The number of anilines is 1. The smallest absolute Gasteiger partial charge is 0.419 e. The number of carboxylic acids is 1. The molecular weight excluding hydrogens is 319 g/mol. The second kappa shape index (κ2) is 6.62. The third-order valence-corrected chi connectivity index (χ3v) is 2.87. The number of rotatable bonds is 5. The van der Waals surface area contributed by atoms with E-state index in [1.165, 1.54) is 6.07 Å². The number of pyridine rings is 1. The highest BCUT2D eigenvalue weighted by Crippen LogP contribution is 2.32. The minimum Gasteiger partial charge on any atom is -0.481 e. The molecule has 10 heteroatoms. The summed E-state index contributed by atoms with van der Waals surface area (Å²) in [5, 5.41) is 29.0. The molecule has 1 unspecified atom stereocenters. The molecule has 1 aromatic rings. The highest BCUT2D eigenvalue weighted by Gasteiger charge is 2.36. The molecule has 23 heavy (non-hydrogen) atoms. The molecule has 0 spiro atoms. The average Bonchev–Trinajstić information content (AvgIpc) is 2.44. The maximum absolute atomic E-state index is 12.8. The third-order valence-electron chi connectivity index (χ3n) is 2.87. The summed E-state index contributed by atoms with van der Waals surface area (Å²) < 4.78 is 38.3. The lowest BCUT2D eigenvalue weighted by molar-refractivity contribution is -0.141. The lowest BCUT2D eigenvalue weighted by Gasteiger charge is -2.21. The summed E-state index contributed by atoms with van der Waals surface area (Å²) >= 11 is 0. The number of aliphatic hydroxyl groups is 1. The Morgan fingerprint density at radius 3 is 2.52 bits per heavy atom. The van der Waals surface area contributed by atoms with Gasteiger partial charge in [0, 0.05) is 6.42 Å². The van der Waals surface area contributed by atoms with E-state index in [1.807, 2.05) is 5.32 Å². The summed E-state index contributed by atoms with van der Waals surface area (Å²) in [6.45, 7) is 1.03. The first kappa shape index (κ1) is 18.4. The fourth-order valence-electron chi connectivity index (χ4n) is 1.57. The van der Waals surface area contributed by atoms with Crippen molar-refractivity contribution in [3.8, 4) is 6.07 Å². The molecule has 1 amide bonds. The van der Waals surface area contributed by atoms with Crippen LogP contribution in [0.3, 0.4) is 0 Å². The van der Waals surface area contributed by atoms with E-state index in [2.05, 4.69) is 4.98 Å². The number of nitrogens with zero attached hydrogens (tertiary/aromatic N) is 2. The third kappa shape index (κ3) is 4.93. The highest BCUT2D eigenvalue weighted by atomic mass is 19.4. The van der Waals surface area contributed by atoms with Crippen molar-refractivity contribution in [3.63, 3.8) is 0 Å². The summed E-state index contributed by atoms with van der Waals surface area (Å²) in [6, 6.07) is 1.80. The molecule has 0 bridgehead atoms. The van der Waals surface area contributed by atoms with Gasteiger partial charge in [-0.3, -0.25) is 9.59 Å². The molecular formula is C13H12F3N3O4. The Hall–Kier alpha value is -2.67. The topological polar surface area (TPSA) is 123 Å². The van der Waals surface area contributed by atoms with Crippen LogP contribution in [-0.4, -0.2) is 32.7 Å². The first-order chi connectivity index (χ1) is 10.5. The minimum atomic E-state index is -4.84. The zero-order valence-electron chi connectivity index (χ0n) is 11.8. The van der Waals surface area contributed by atoms with Crippen molar-refractivity contribution < 1.29 is 33.0 Å². The van der Waals surface area contributed by atoms with Crippen molar-refractivity contribution in [2.45, 2.75) is 31.5 Å². The number of hydrogen-bond acceptors (Lipinski definition) is 5. The molecule has 0 fully saturated rings. The van der Waals surface area contributed by atoms with E-state index in [1.54, 1.807) is 0 Å². The van der Waals surface area contributed by atoms with E-state index in [0.29, 0.717) is 6.07 Å². The normalized spacial score (nSPS) is 13.7. The SMILES string of the molecule is CC(O)(CCC(=O)O)C(=O)Nc1cnc(C#N)c(C(F)(F)F)c1. The van der Waals surface area contributed by atoms with Crippen LogP contribution in [0.25, 0.3) is 0 Å². The van der Waals surface area contributed by atoms with Crippen LogP contribution < -0.4 is 5.32 Å². The number of alkyl halides is 3. The van der Waals surface area contributed by atoms with Crippen molar-refractivity contribution >= 4 is 17.6 Å². The van der Waals surface area contributed by atoms with Gasteiger partial charge in [-0.15, -0.1) is 0 Å². The van der Waals surface area contributed by atoms with Crippen molar-refractivity contribution in [2.75, 3.05) is 5.32 Å². The van der Waals surface area contributed by atoms with E-state index >= 15 is 0 Å². The predicted octanol–water partition coefficient (Wildman–Crippen LogP) is 1.53. The number of carbonyl (C=O) groups excluding carboxylic acids is 1. The van der Waals surface area contributed by atoms with E-state index < -0.39 is 47.8 Å². The van der Waals surface area contributed by atoms with Gasteiger partial charge in [-0.25, -0.2) is 4.98 Å². The van der Waals surface area contributed by atoms with Crippen LogP contribution in [0.2, 0.25) is 0 Å². The second-order valence-corrected chi connectivity index (χ2v) is 4.85. The Balaban J connectivity index is 2.99. The van der Waals surface area contributed by atoms with E-state index in [4.69, 9.17) is 10.4 Å². The number of aliphatic carboxylic acids is 1. The van der Waals surface area contributed by atoms with Gasteiger partial charge in [0.25, 0.3) is 5.91 Å². The molecule has 0 saturated heterocycles. The Labute approximate surface area is 128 Å². The van der Waals surface area contributed by atoms with Crippen LogP contribution in [0.4, 0.5) is 18.9 Å². The maximum Gasteiger partial charge on any atom is 0.419 e. The largest absolute Gasteiger partial charge is 0.481 e. The summed E-state index contributed by atoms with van der Waals surface area (Å²) in [5.41, 5.74) is -4.65. The number of halogens is 3. The van der Waals surface area contributed by atoms with Gasteiger partial charge in [0.15, 0.2) is 5.69 Å². The summed E-state index contributed by atoms with van der Waals surface area (Å²) in [4.78, 5) is 25.6. The molecule has 124 valence electrons. The number of hydrogen-bond donors (Lipinski definition) is 3. The van der Waals surface area contributed by atoms with Gasteiger partial charge in [0.2, 0.25) is 0 Å². The molecule has 1 aromatic heterocycles. The van der Waals surface area contributed by atoms with Crippen molar-refractivity contribution in [3.05, 3.63) is 23.5 Å². The van der Waals surface area contributed by atoms with Gasteiger partial charge in [-0.1, -0.05) is 0 Å². The van der Waals surface area contributed by atoms with E-state index in [-0.39, 0.29) is 5.69 Å². The average molecular weight is 331 g/mol. The molecule has 0 aromatic carbocycles. The molecule has 0 radical (unpaired) electrons. The molecule has 0 aliphatic rings. The molecule has 1 rings (SSSR count). The first-order valence-corrected chi connectivity index (χ1v) is 6.20. The Bertz CT molecular complexity index is 665. The zero-order valence-corrected chi connectivity index (χ0v) is 11.8. The van der Waals surface area contributed by atoms with Crippen LogP contribution in [0.1, 0.15) is 31.0 Å². The monoisotopic (exact) mass is 331 g/mol. The van der Waals surface area contributed by atoms with Crippen LogP contribution in [-0.2, 0) is 15.8 Å². The summed E-state index contributed by atoms with van der Waals surface area (Å²) in [5.74, 6) is -2.32. The lowest BCUT2D eigenvalue weighted by Crippen LogP contribution is -2.40. The van der Waals surface area contributed by atoms with Gasteiger partial charge < -0.3 is 15.5 Å². The molecule has 7 nitrogen and oxygen atoms in total. The predicted molar refractivity (Wildman–Crippen MR) is 70.1 cm³/mol. The molecule has 3 N–H and O–H groups in total. The van der Waals surface area contributed by atoms with Crippen molar-refractivity contribution in [2.24, 2.45) is 0 Å². The van der Waals surface area contributed by atoms with E-state index in [9.17, 15) is 27.9 Å². The second-order valence-electron chi connectivity index (χ2n) is 4.85. The zero-order chi connectivity index (χ0) is 17.8. The van der Waals surface area contributed by atoms with Crippen LogP contribution >= 0.6 is 0 Å². The Kier molecular flexibility index (Phi) is 5.29. The Morgan fingerprint density at radius 2 is 2.04 bits per heavy atom. The van der Waals surface area contributed by atoms with Gasteiger partial charge in [0.05, 0.1) is 17.4 Å². The van der Waals surface area contributed by atoms with Gasteiger partial charge >= 0.3 is 12.1 Å². The molecule has 0 aliphatic heterocycles.